The Morgan fingerprint density at radius 3 is 2.60 bits per heavy atom. The number of nitrogens with zero attached hydrogens (tertiary/aromatic N) is 2. The highest BCUT2D eigenvalue weighted by molar-refractivity contribution is 5.77. The second-order valence-corrected chi connectivity index (χ2v) is 6.51. The lowest BCUT2D eigenvalue weighted by Crippen LogP contribution is -2.17. The summed E-state index contributed by atoms with van der Waals surface area (Å²) in [6, 6.07) is 6.03. The second-order valence-electron chi connectivity index (χ2n) is 6.51. The maximum Gasteiger partial charge on any atom is 0.306 e. The van der Waals surface area contributed by atoms with Gasteiger partial charge in [0.1, 0.15) is 5.82 Å². The number of aliphatic carboxylic acids is 1. The molecular weight excluding hydrogens is 252 g/mol. The molecule has 0 radical (unpaired) electrons. The smallest absolute Gasteiger partial charge is 0.306 e. The van der Waals surface area contributed by atoms with Gasteiger partial charge in [0.05, 0.1) is 17.0 Å². The van der Waals surface area contributed by atoms with Gasteiger partial charge in [0, 0.05) is 12.5 Å². The lowest BCUT2D eigenvalue weighted by molar-refractivity contribution is -0.141. The number of aryl methyl sites for hydroxylation is 1. The van der Waals surface area contributed by atoms with Crippen LogP contribution >= 0.6 is 0 Å². The van der Waals surface area contributed by atoms with E-state index in [4.69, 9.17) is 10.1 Å². The maximum atomic E-state index is 10.9. The number of imidazole rings is 1. The van der Waals surface area contributed by atoms with E-state index in [-0.39, 0.29) is 11.3 Å². The van der Waals surface area contributed by atoms with Crippen LogP contribution in [-0.4, -0.2) is 20.6 Å². The van der Waals surface area contributed by atoms with Crippen LogP contribution in [-0.2, 0) is 23.7 Å². The largest absolute Gasteiger partial charge is 0.481 e. The van der Waals surface area contributed by atoms with Crippen molar-refractivity contribution in [1.29, 1.82) is 0 Å². The number of rotatable bonds is 3. The van der Waals surface area contributed by atoms with Gasteiger partial charge < -0.3 is 9.67 Å². The van der Waals surface area contributed by atoms with Crippen LogP contribution in [0.3, 0.4) is 0 Å². The van der Waals surface area contributed by atoms with E-state index in [0.717, 1.165) is 22.4 Å². The molecule has 0 aliphatic heterocycles. The fourth-order valence-corrected chi connectivity index (χ4v) is 2.48. The first-order valence-corrected chi connectivity index (χ1v) is 6.89. The standard InChI is InChI=1S/C16H22N2O2/c1-10(14(19)20)8-11-6-7-13-12(9-11)17-15(18(13)5)16(2,3)4/h6-7,9-10H,8H2,1-5H3,(H,19,20). The van der Waals surface area contributed by atoms with E-state index in [1.807, 2.05) is 25.2 Å². The number of fused-ring (bicyclic) bond motifs is 1. The maximum absolute atomic E-state index is 10.9. The zero-order valence-corrected chi connectivity index (χ0v) is 12.8. The van der Waals surface area contributed by atoms with Crippen molar-refractivity contribution in [2.45, 2.75) is 39.5 Å². The van der Waals surface area contributed by atoms with Crippen molar-refractivity contribution in [3.05, 3.63) is 29.6 Å². The zero-order chi connectivity index (χ0) is 15.1. The molecule has 0 saturated heterocycles. The minimum atomic E-state index is -0.763. The second kappa shape index (κ2) is 4.93. The lowest BCUT2D eigenvalue weighted by Gasteiger charge is -2.17. The topological polar surface area (TPSA) is 55.1 Å². The van der Waals surface area contributed by atoms with Crippen molar-refractivity contribution in [1.82, 2.24) is 9.55 Å². The third-order valence-corrected chi connectivity index (χ3v) is 3.58. The van der Waals surface area contributed by atoms with Crippen LogP contribution in [0.15, 0.2) is 18.2 Å². The predicted octanol–water partition coefficient (Wildman–Crippen LogP) is 3.13. The lowest BCUT2D eigenvalue weighted by atomic mass is 9.96. The summed E-state index contributed by atoms with van der Waals surface area (Å²) in [5.74, 6) is -0.101. The molecule has 1 atom stereocenters. The molecule has 0 spiro atoms. The summed E-state index contributed by atoms with van der Waals surface area (Å²) in [7, 11) is 2.02. The van der Waals surface area contributed by atoms with E-state index >= 15 is 0 Å². The number of hydrogen-bond donors (Lipinski definition) is 1. The Balaban J connectivity index is 2.43. The molecule has 4 nitrogen and oxygen atoms in total. The molecule has 1 aromatic carbocycles. The zero-order valence-electron chi connectivity index (χ0n) is 12.8. The molecule has 2 rings (SSSR count). The van der Waals surface area contributed by atoms with Gasteiger partial charge in [0.15, 0.2) is 0 Å². The summed E-state index contributed by atoms with van der Waals surface area (Å²) in [6.07, 6.45) is 0.534. The average Bonchev–Trinajstić information content (AvgIpc) is 2.66. The molecule has 1 unspecified atom stereocenters. The Bertz CT molecular complexity index is 650. The van der Waals surface area contributed by atoms with Crippen LogP contribution in [0, 0.1) is 5.92 Å². The summed E-state index contributed by atoms with van der Waals surface area (Å²) >= 11 is 0. The molecule has 0 amide bonds. The van der Waals surface area contributed by atoms with Crippen molar-refractivity contribution in [3.8, 4) is 0 Å². The summed E-state index contributed by atoms with van der Waals surface area (Å²) in [5, 5.41) is 8.99. The summed E-state index contributed by atoms with van der Waals surface area (Å²) < 4.78 is 2.11. The van der Waals surface area contributed by atoms with E-state index in [2.05, 4.69) is 25.3 Å². The Kier molecular flexibility index (Phi) is 3.59. The number of carboxylic acid groups (broad SMARTS) is 1. The van der Waals surface area contributed by atoms with Crippen molar-refractivity contribution < 1.29 is 9.90 Å². The van der Waals surface area contributed by atoms with Gasteiger partial charge in [-0.15, -0.1) is 0 Å². The highest BCUT2D eigenvalue weighted by Crippen LogP contribution is 2.26. The van der Waals surface area contributed by atoms with Crippen LogP contribution in [0.5, 0.6) is 0 Å². The van der Waals surface area contributed by atoms with Gasteiger partial charge >= 0.3 is 5.97 Å². The molecule has 20 heavy (non-hydrogen) atoms. The Morgan fingerprint density at radius 1 is 1.40 bits per heavy atom. The molecule has 1 aromatic heterocycles. The number of aromatic nitrogens is 2. The van der Waals surface area contributed by atoms with E-state index < -0.39 is 5.97 Å². The minimum absolute atomic E-state index is 0.0116. The van der Waals surface area contributed by atoms with E-state index in [0.29, 0.717) is 6.42 Å². The van der Waals surface area contributed by atoms with Crippen molar-refractivity contribution in [2.75, 3.05) is 0 Å². The predicted molar refractivity (Wildman–Crippen MR) is 79.9 cm³/mol. The first-order valence-electron chi connectivity index (χ1n) is 6.89. The van der Waals surface area contributed by atoms with Gasteiger partial charge in [-0.1, -0.05) is 33.8 Å². The van der Waals surface area contributed by atoms with Gasteiger partial charge in [-0.3, -0.25) is 4.79 Å². The van der Waals surface area contributed by atoms with Crippen LogP contribution in [0.25, 0.3) is 11.0 Å². The molecule has 0 saturated carbocycles. The Morgan fingerprint density at radius 2 is 2.05 bits per heavy atom. The highest BCUT2D eigenvalue weighted by Gasteiger charge is 2.21. The van der Waals surface area contributed by atoms with Crippen LogP contribution in [0.4, 0.5) is 0 Å². The quantitative estimate of drug-likeness (QED) is 0.935. The Hall–Kier alpha value is -1.84. The third kappa shape index (κ3) is 2.69. The first-order chi connectivity index (χ1) is 9.20. The molecule has 0 bridgehead atoms. The van der Waals surface area contributed by atoms with Crippen LogP contribution in [0.2, 0.25) is 0 Å². The number of hydrogen-bond acceptors (Lipinski definition) is 2. The molecular formula is C16H22N2O2. The normalized spacial score (nSPS) is 13.7. The van der Waals surface area contributed by atoms with Crippen molar-refractivity contribution in [3.63, 3.8) is 0 Å². The molecule has 4 heteroatoms. The Labute approximate surface area is 119 Å². The third-order valence-electron chi connectivity index (χ3n) is 3.58. The van der Waals surface area contributed by atoms with E-state index in [1.165, 1.54) is 0 Å². The van der Waals surface area contributed by atoms with Gasteiger partial charge in [-0.05, 0) is 24.1 Å². The number of carbonyl (C=O) groups is 1. The van der Waals surface area contributed by atoms with Crippen LogP contribution in [0.1, 0.15) is 39.1 Å². The van der Waals surface area contributed by atoms with E-state index in [1.54, 1.807) is 6.92 Å². The fraction of sp³-hybridized carbons (Fsp3) is 0.500. The molecule has 0 aliphatic carbocycles. The van der Waals surface area contributed by atoms with Gasteiger partial charge in [-0.2, -0.15) is 0 Å². The summed E-state index contributed by atoms with van der Waals surface area (Å²) in [5.41, 5.74) is 3.03. The van der Waals surface area contributed by atoms with Crippen molar-refractivity contribution >= 4 is 17.0 Å². The van der Waals surface area contributed by atoms with Gasteiger partial charge in [-0.25, -0.2) is 4.98 Å². The number of benzene rings is 1. The average molecular weight is 274 g/mol. The van der Waals surface area contributed by atoms with Crippen molar-refractivity contribution in [2.24, 2.45) is 13.0 Å². The number of carboxylic acids is 1. The van der Waals surface area contributed by atoms with Gasteiger partial charge in [0.2, 0.25) is 0 Å². The SMILES string of the molecule is CC(Cc1ccc2c(c1)nc(C(C)(C)C)n2C)C(=O)O. The molecule has 2 aromatic rings. The fourth-order valence-electron chi connectivity index (χ4n) is 2.48. The minimum Gasteiger partial charge on any atom is -0.481 e. The highest BCUT2D eigenvalue weighted by atomic mass is 16.4. The molecule has 108 valence electrons. The monoisotopic (exact) mass is 274 g/mol. The van der Waals surface area contributed by atoms with Crippen LogP contribution < -0.4 is 0 Å². The van der Waals surface area contributed by atoms with Gasteiger partial charge in [0.25, 0.3) is 0 Å². The molecule has 0 fully saturated rings. The first kappa shape index (κ1) is 14.6. The molecule has 0 aliphatic rings. The summed E-state index contributed by atoms with van der Waals surface area (Å²) in [4.78, 5) is 15.6. The molecule has 1 N–H and O–H groups in total. The van der Waals surface area contributed by atoms with E-state index in [9.17, 15) is 4.79 Å². The molecule has 1 heterocycles. The summed E-state index contributed by atoms with van der Waals surface area (Å²) in [6.45, 7) is 8.15.